The molecule has 1 amide bonds. The summed E-state index contributed by atoms with van der Waals surface area (Å²) in [5.41, 5.74) is 1.31. The predicted molar refractivity (Wildman–Crippen MR) is 130 cm³/mol. The number of hydrogen-bond donors (Lipinski definition) is 1. The van der Waals surface area contributed by atoms with E-state index >= 15 is 0 Å². The van der Waals surface area contributed by atoms with Crippen LogP contribution in [0.15, 0.2) is 65.1 Å². The van der Waals surface area contributed by atoms with Crippen LogP contribution in [0.5, 0.6) is 0 Å². The fourth-order valence-electron chi connectivity index (χ4n) is 4.16. The lowest BCUT2D eigenvalue weighted by Gasteiger charge is -2.36. The van der Waals surface area contributed by atoms with Gasteiger partial charge in [-0.15, -0.1) is 0 Å². The maximum atomic E-state index is 13.4. The fraction of sp³-hybridized carbons (Fsp3) is 0.308. The Morgan fingerprint density at radius 2 is 1.88 bits per heavy atom. The minimum atomic E-state index is -0.523. The minimum absolute atomic E-state index is 0.0478. The first-order valence-corrected chi connectivity index (χ1v) is 11.3. The van der Waals surface area contributed by atoms with Crippen LogP contribution in [0.4, 0.5) is 5.82 Å². The van der Waals surface area contributed by atoms with Gasteiger partial charge in [0.2, 0.25) is 0 Å². The third-order valence-electron chi connectivity index (χ3n) is 5.66. The van der Waals surface area contributed by atoms with Crippen LogP contribution in [0, 0.1) is 11.3 Å². The van der Waals surface area contributed by atoms with E-state index in [0.29, 0.717) is 37.5 Å². The molecular weight excluding hydrogens is 430 g/mol. The van der Waals surface area contributed by atoms with Crippen molar-refractivity contribution in [2.45, 2.75) is 32.5 Å². The number of aromatic nitrogens is 2. The smallest absolute Gasteiger partial charge is 0.267 e. The Morgan fingerprint density at radius 3 is 2.59 bits per heavy atom. The zero-order valence-electron chi connectivity index (χ0n) is 19.3. The zero-order valence-corrected chi connectivity index (χ0v) is 19.3. The highest BCUT2D eigenvalue weighted by atomic mass is 16.5. The Balaban J connectivity index is 1.68. The number of morpholine rings is 1. The lowest BCUT2D eigenvalue weighted by atomic mass is 10.1. The second-order valence-electron chi connectivity index (χ2n) is 8.41. The molecule has 1 aromatic carbocycles. The van der Waals surface area contributed by atoms with E-state index in [0.717, 1.165) is 5.56 Å². The van der Waals surface area contributed by atoms with Crippen molar-refractivity contribution >= 4 is 23.4 Å². The number of rotatable bonds is 6. The van der Waals surface area contributed by atoms with Crippen molar-refractivity contribution in [2.75, 3.05) is 24.5 Å². The van der Waals surface area contributed by atoms with E-state index in [1.807, 2.05) is 61.2 Å². The molecule has 8 nitrogen and oxygen atoms in total. The van der Waals surface area contributed by atoms with Gasteiger partial charge in [-0.3, -0.25) is 14.0 Å². The molecule has 1 fully saturated rings. The number of nitrogens with zero attached hydrogens (tertiary/aromatic N) is 4. The molecule has 2 aromatic heterocycles. The molecule has 0 spiro atoms. The first kappa shape index (κ1) is 23.2. The third-order valence-corrected chi connectivity index (χ3v) is 5.66. The average molecular weight is 458 g/mol. The van der Waals surface area contributed by atoms with Crippen LogP contribution in [0.25, 0.3) is 11.7 Å². The summed E-state index contributed by atoms with van der Waals surface area (Å²) in [6.45, 7) is 5.40. The Bertz CT molecular complexity index is 1300. The molecule has 1 N–H and O–H groups in total. The maximum absolute atomic E-state index is 13.4. The molecule has 1 aliphatic heterocycles. The lowest BCUT2D eigenvalue weighted by molar-refractivity contribution is -0.117. The second kappa shape index (κ2) is 10.3. The predicted octanol–water partition coefficient (Wildman–Crippen LogP) is 2.57. The van der Waals surface area contributed by atoms with E-state index < -0.39 is 5.91 Å². The van der Waals surface area contributed by atoms with Gasteiger partial charge < -0.3 is 15.0 Å². The average Bonchev–Trinajstić information content (AvgIpc) is 2.83. The Kier molecular flexibility index (Phi) is 7.04. The molecule has 2 atom stereocenters. The maximum Gasteiger partial charge on any atom is 0.267 e. The van der Waals surface area contributed by atoms with Crippen LogP contribution in [-0.4, -0.2) is 47.1 Å². The number of benzene rings is 1. The Hall–Kier alpha value is -3.96. The highest BCUT2D eigenvalue weighted by Crippen LogP contribution is 2.23. The molecule has 0 saturated carbocycles. The second-order valence-corrected chi connectivity index (χ2v) is 8.41. The standard InChI is InChI=1S/C26H27N5O3/c1-18-16-30(17-19(2)34-18)24-22(26(33)31-13-7-6-10-23(31)29-24)14-21(15-27)25(32)28-12-11-20-8-4-3-5-9-20/h3-10,13-14,18-19H,11-12,16-17H2,1-2H3,(H,28,32). The van der Waals surface area contributed by atoms with E-state index in [-0.39, 0.29) is 28.9 Å². The van der Waals surface area contributed by atoms with Gasteiger partial charge in [-0.2, -0.15) is 5.26 Å². The van der Waals surface area contributed by atoms with Gasteiger partial charge in [0, 0.05) is 25.8 Å². The number of anilines is 1. The van der Waals surface area contributed by atoms with Crippen molar-refractivity contribution < 1.29 is 9.53 Å². The largest absolute Gasteiger partial charge is 0.372 e. The molecule has 2 unspecified atom stereocenters. The normalized spacial score (nSPS) is 18.5. The first-order valence-electron chi connectivity index (χ1n) is 11.3. The van der Waals surface area contributed by atoms with Crippen LogP contribution in [0.1, 0.15) is 25.0 Å². The molecule has 0 bridgehead atoms. The number of ether oxygens (including phenoxy) is 1. The highest BCUT2D eigenvalue weighted by Gasteiger charge is 2.27. The van der Waals surface area contributed by atoms with Gasteiger partial charge in [0.15, 0.2) is 0 Å². The van der Waals surface area contributed by atoms with Gasteiger partial charge in [0.25, 0.3) is 11.5 Å². The summed E-state index contributed by atoms with van der Waals surface area (Å²) in [6.07, 6.45) is 3.52. The van der Waals surface area contributed by atoms with E-state index in [2.05, 4.69) is 5.32 Å². The summed E-state index contributed by atoms with van der Waals surface area (Å²) in [4.78, 5) is 32.9. The lowest BCUT2D eigenvalue weighted by Crippen LogP contribution is -2.46. The van der Waals surface area contributed by atoms with Crippen molar-refractivity contribution in [3.05, 3.63) is 81.8 Å². The van der Waals surface area contributed by atoms with Crippen molar-refractivity contribution in [1.29, 1.82) is 5.26 Å². The number of hydrogen-bond acceptors (Lipinski definition) is 6. The molecule has 3 heterocycles. The van der Waals surface area contributed by atoms with Crippen LogP contribution < -0.4 is 15.8 Å². The van der Waals surface area contributed by atoms with Crippen LogP contribution in [0.3, 0.4) is 0 Å². The summed E-state index contributed by atoms with van der Waals surface area (Å²) in [5.74, 6) is -0.0753. The van der Waals surface area contributed by atoms with Gasteiger partial charge in [0.05, 0.1) is 17.8 Å². The zero-order chi connectivity index (χ0) is 24.1. The Morgan fingerprint density at radius 1 is 1.18 bits per heavy atom. The van der Waals surface area contributed by atoms with Crippen LogP contribution >= 0.6 is 0 Å². The molecule has 0 radical (unpaired) electrons. The van der Waals surface area contributed by atoms with Gasteiger partial charge >= 0.3 is 0 Å². The summed E-state index contributed by atoms with van der Waals surface area (Å²) < 4.78 is 7.25. The van der Waals surface area contributed by atoms with Gasteiger partial charge in [-0.1, -0.05) is 36.4 Å². The molecule has 0 aliphatic carbocycles. The molecule has 8 heteroatoms. The molecule has 1 aliphatic rings. The fourth-order valence-corrected chi connectivity index (χ4v) is 4.16. The number of fused-ring (bicyclic) bond motifs is 1. The summed E-state index contributed by atoms with van der Waals surface area (Å²) >= 11 is 0. The van der Waals surface area contributed by atoms with E-state index in [1.165, 1.54) is 10.5 Å². The van der Waals surface area contributed by atoms with Gasteiger partial charge in [-0.05, 0) is 44.0 Å². The summed E-state index contributed by atoms with van der Waals surface area (Å²) in [6, 6.07) is 17.0. The van der Waals surface area contributed by atoms with Crippen LogP contribution in [0.2, 0.25) is 0 Å². The van der Waals surface area contributed by atoms with Crippen molar-refractivity contribution in [1.82, 2.24) is 14.7 Å². The van der Waals surface area contributed by atoms with E-state index in [9.17, 15) is 14.9 Å². The quantitative estimate of drug-likeness (QED) is 0.451. The SMILES string of the molecule is CC1CN(c2nc3ccccn3c(=O)c2C=C(C#N)C(=O)NCCc2ccccc2)CC(C)O1. The molecular formula is C26H27N5O3. The molecule has 4 rings (SSSR count). The molecule has 34 heavy (non-hydrogen) atoms. The molecule has 1 saturated heterocycles. The molecule has 3 aromatic rings. The third kappa shape index (κ3) is 5.16. The minimum Gasteiger partial charge on any atom is -0.372 e. The summed E-state index contributed by atoms with van der Waals surface area (Å²) in [7, 11) is 0. The monoisotopic (exact) mass is 457 g/mol. The van der Waals surface area contributed by atoms with Crippen molar-refractivity contribution in [2.24, 2.45) is 0 Å². The first-order chi connectivity index (χ1) is 16.5. The number of amides is 1. The number of nitriles is 1. The van der Waals surface area contributed by atoms with E-state index in [1.54, 1.807) is 18.3 Å². The van der Waals surface area contributed by atoms with Gasteiger partial charge in [-0.25, -0.2) is 4.98 Å². The Labute approximate surface area is 198 Å². The topological polar surface area (TPSA) is 99.7 Å². The number of nitrogens with one attached hydrogen (secondary N) is 1. The van der Waals surface area contributed by atoms with Crippen molar-refractivity contribution in [3.8, 4) is 6.07 Å². The number of carbonyl (C=O) groups excluding carboxylic acids is 1. The highest BCUT2D eigenvalue weighted by molar-refractivity contribution is 6.02. The number of pyridine rings is 1. The summed E-state index contributed by atoms with van der Waals surface area (Å²) in [5, 5.41) is 12.5. The molecule has 174 valence electrons. The van der Waals surface area contributed by atoms with Gasteiger partial charge in [0.1, 0.15) is 23.1 Å². The van der Waals surface area contributed by atoms with Crippen LogP contribution in [-0.2, 0) is 16.0 Å². The van der Waals surface area contributed by atoms with Crippen molar-refractivity contribution in [3.63, 3.8) is 0 Å². The number of carbonyl (C=O) groups is 1. The van der Waals surface area contributed by atoms with E-state index in [4.69, 9.17) is 9.72 Å².